The number of pyridine rings is 1. The van der Waals surface area contributed by atoms with Crippen LogP contribution in [0, 0.1) is 17.8 Å². The molecule has 1 aromatic carbocycles. The number of allylic oxidation sites excluding steroid dienone is 1. The molecule has 14 nitrogen and oxygen atoms in total. The van der Waals surface area contributed by atoms with Crippen LogP contribution in [0.3, 0.4) is 0 Å². The quantitative estimate of drug-likeness (QED) is 0.266. The van der Waals surface area contributed by atoms with Crippen LogP contribution in [0.1, 0.15) is 86.0 Å². The Labute approximate surface area is 336 Å². The summed E-state index contributed by atoms with van der Waals surface area (Å²) in [7, 11) is -4.07. The van der Waals surface area contributed by atoms with Crippen LogP contribution in [0.2, 0.25) is 0 Å². The molecule has 0 radical (unpaired) electrons. The number of nitrogens with one attached hydrogen (secondary N) is 3. The Morgan fingerprint density at radius 3 is 2.50 bits per heavy atom. The van der Waals surface area contributed by atoms with E-state index in [0.29, 0.717) is 56.8 Å². The highest BCUT2D eigenvalue weighted by Crippen LogP contribution is 2.48. The predicted octanol–water partition coefficient (Wildman–Crippen LogP) is 5.30. The van der Waals surface area contributed by atoms with Gasteiger partial charge in [0.25, 0.3) is 5.91 Å². The third kappa shape index (κ3) is 9.15. The minimum absolute atomic E-state index is 0.0301. The van der Waals surface area contributed by atoms with Crippen LogP contribution >= 0.6 is 0 Å². The summed E-state index contributed by atoms with van der Waals surface area (Å²) in [6.45, 7) is 8.07. The Kier molecular flexibility index (Phi) is 12.3. The van der Waals surface area contributed by atoms with Crippen molar-refractivity contribution in [2.75, 3.05) is 13.2 Å². The molecule has 58 heavy (non-hydrogen) atoms. The lowest BCUT2D eigenvalue weighted by atomic mass is 9.88. The second-order valence-corrected chi connectivity index (χ2v) is 18.7. The van der Waals surface area contributed by atoms with E-state index in [-0.39, 0.29) is 31.2 Å². The second kappa shape index (κ2) is 16.6. The number of nitrogens with zero attached hydrogens (tertiary/aromatic N) is 2. The first kappa shape index (κ1) is 43.0. The fourth-order valence-corrected chi connectivity index (χ4v) is 9.02. The summed E-state index contributed by atoms with van der Waals surface area (Å²) in [5, 5.41) is 6.49. The van der Waals surface area contributed by atoms with E-state index >= 15 is 0 Å². The van der Waals surface area contributed by atoms with Gasteiger partial charge in [-0.15, -0.1) is 0 Å². The Bertz CT molecular complexity index is 2040. The van der Waals surface area contributed by atoms with Gasteiger partial charge in [-0.05, 0) is 76.7 Å². The largest absolute Gasteiger partial charge is 0.491 e. The molecule has 3 heterocycles. The van der Waals surface area contributed by atoms with Crippen molar-refractivity contribution in [1.29, 1.82) is 0 Å². The first-order chi connectivity index (χ1) is 27.3. The number of amides is 4. The summed E-state index contributed by atoms with van der Waals surface area (Å²) in [5.74, 6) is -2.90. The Hall–Kier alpha value is -4.61. The number of hydrogen-bond donors (Lipinski definition) is 3. The number of rotatable bonds is 10. The van der Waals surface area contributed by atoms with Crippen molar-refractivity contribution in [3.05, 3.63) is 42.6 Å². The Morgan fingerprint density at radius 2 is 1.83 bits per heavy atom. The zero-order chi connectivity index (χ0) is 42.2. The molecule has 8 atom stereocenters. The van der Waals surface area contributed by atoms with E-state index in [1.807, 2.05) is 32.1 Å². The van der Waals surface area contributed by atoms with E-state index in [0.717, 1.165) is 11.8 Å². The van der Waals surface area contributed by atoms with Crippen molar-refractivity contribution in [3.8, 4) is 11.6 Å². The number of ether oxygens (including phenoxy) is 3. The van der Waals surface area contributed by atoms with Gasteiger partial charge in [-0.3, -0.25) is 19.1 Å². The lowest BCUT2D eigenvalue weighted by Gasteiger charge is -2.33. The highest BCUT2D eigenvalue weighted by molar-refractivity contribution is 7.91. The average Bonchev–Trinajstić information content (AvgIpc) is 4.04. The molecule has 3 N–H and O–H groups in total. The Morgan fingerprint density at radius 1 is 1.12 bits per heavy atom. The molecule has 2 aliphatic carbocycles. The molecule has 4 amide bonds. The van der Waals surface area contributed by atoms with Gasteiger partial charge in [-0.1, -0.05) is 51.1 Å². The van der Waals surface area contributed by atoms with Crippen molar-refractivity contribution in [3.63, 3.8) is 0 Å². The number of halogens is 3. The van der Waals surface area contributed by atoms with Gasteiger partial charge < -0.3 is 29.7 Å². The molecule has 6 rings (SSSR count). The molecule has 2 aliphatic heterocycles. The van der Waals surface area contributed by atoms with Gasteiger partial charge in [0, 0.05) is 23.1 Å². The number of alkyl carbamates (subject to hydrolysis) is 1. The van der Waals surface area contributed by atoms with Gasteiger partial charge in [-0.2, -0.15) is 13.2 Å². The molecular weight excluding hydrogens is 784 g/mol. The van der Waals surface area contributed by atoms with Crippen LogP contribution in [-0.2, 0) is 29.1 Å². The zero-order valence-corrected chi connectivity index (χ0v) is 34.1. The molecule has 18 heteroatoms. The van der Waals surface area contributed by atoms with E-state index in [9.17, 15) is 40.8 Å². The van der Waals surface area contributed by atoms with E-state index in [1.54, 1.807) is 25.1 Å². The molecule has 3 fully saturated rings. The van der Waals surface area contributed by atoms with E-state index in [4.69, 9.17) is 9.47 Å². The highest BCUT2D eigenvalue weighted by atomic mass is 32.2. The molecule has 318 valence electrons. The summed E-state index contributed by atoms with van der Waals surface area (Å²) in [6.07, 6.45) is -1.39. The van der Waals surface area contributed by atoms with E-state index in [1.165, 1.54) is 18.0 Å². The lowest BCUT2D eigenvalue weighted by Crippen LogP contribution is -2.59. The van der Waals surface area contributed by atoms with Gasteiger partial charge in [0.1, 0.15) is 29.5 Å². The molecule has 4 aliphatic rings. The van der Waals surface area contributed by atoms with Crippen LogP contribution in [0.25, 0.3) is 10.8 Å². The molecule has 0 spiro atoms. The molecule has 2 saturated carbocycles. The molecule has 0 bridgehead atoms. The number of fused-ring (bicyclic) bond motifs is 3. The molecule has 0 unspecified atom stereocenters. The van der Waals surface area contributed by atoms with Crippen LogP contribution < -0.4 is 24.8 Å². The minimum atomic E-state index is -4.85. The zero-order valence-electron chi connectivity index (χ0n) is 33.3. The summed E-state index contributed by atoms with van der Waals surface area (Å²) in [5.41, 5.74) is -1.64. The van der Waals surface area contributed by atoms with Crippen molar-refractivity contribution < 1.29 is 55.0 Å². The summed E-state index contributed by atoms with van der Waals surface area (Å²) in [4.78, 5) is 61.8. The average molecular weight is 836 g/mol. The van der Waals surface area contributed by atoms with Gasteiger partial charge in [-0.25, -0.2) is 18.2 Å². The van der Waals surface area contributed by atoms with Crippen LogP contribution in [0.15, 0.2) is 42.6 Å². The van der Waals surface area contributed by atoms with Crippen LogP contribution in [0.5, 0.6) is 11.6 Å². The molecular formula is C40H52F3N5O9S. The van der Waals surface area contributed by atoms with Crippen molar-refractivity contribution >= 4 is 44.6 Å². The maximum Gasteiger partial charge on any atom is 0.425 e. The van der Waals surface area contributed by atoms with E-state index in [2.05, 4.69) is 25.1 Å². The molecule has 1 saturated heterocycles. The first-order valence-electron chi connectivity index (χ1n) is 19.9. The summed E-state index contributed by atoms with van der Waals surface area (Å²) >= 11 is 0. The van der Waals surface area contributed by atoms with Gasteiger partial charge in [0.2, 0.25) is 27.7 Å². The smallest absolute Gasteiger partial charge is 0.425 e. The number of benzene rings is 1. The first-order valence-corrected chi connectivity index (χ1v) is 21.3. The third-order valence-electron chi connectivity index (χ3n) is 11.7. The molecule has 2 aromatic rings. The highest BCUT2D eigenvalue weighted by Gasteiger charge is 2.63. The fourth-order valence-electron chi connectivity index (χ4n) is 7.70. The van der Waals surface area contributed by atoms with Gasteiger partial charge in [0.05, 0.1) is 24.1 Å². The standard InChI is InChI=1S/C40H52F3N5O9S/c1-6-17-55-31-21-44-34(29-14-10-9-13-28(29)31)57-27-19-30-33(49)46-39(36(51)47-58(53,54)38(5)15-16-38)20-26(39)12-8-7-11-23(2)18-24(3)32(35(50)48(30)22-27)45-37(52)56-25(4)40(41,42)43/h8-10,12-14,21,23-27,30,32H,6-7,11,15-20,22H2,1-5H3,(H,45,52)(H,46,49)(H,47,51)/b12-8-/t23-,24+,25+,26+,27+,30-,32-,39+/m0/s1. The van der Waals surface area contributed by atoms with Crippen LogP contribution in [0.4, 0.5) is 18.0 Å². The predicted molar refractivity (Wildman–Crippen MR) is 206 cm³/mol. The number of carbonyl (C=O) groups is 4. The third-order valence-corrected chi connectivity index (χ3v) is 13.9. The van der Waals surface area contributed by atoms with Crippen molar-refractivity contribution in [2.45, 2.75) is 127 Å². The maximum absolute atomic E-state index is 14.7. The maximum atomic E-state index is 14.7. The summed E-state index contributed by atoms with van der Waals surface area (Å²) in [6, 6.07) is 4.53. The number of hydrogen-bond acceptors (Lipinski definition) is 10. The van der Waals surface area contributed by atoms with E-state index < -0.39 is 86.4 Å². The topological polar surface area (TPSA) is 182 Å². The van der Waals surface area contributed by atoms with Crippen molar-refractivity contribution in [2.24, 2.45) is 17.8 Å². The monoisotopic (exact) mass is 835 g/mol. The number of sulfonamides is 1. The fraction of sp³-hybridized carbons (Fsp3) is 0.625. The Balaban J connectivity index is 1.34. The molecule has 1 aromatic heterocycles. The second-order valence-electron chi connectivity index (χ2n) is 16.5. The number of carbonyl (C=O) groups excluding carboxylic acids is 4. The SMILES string of the molecule is CCCOc1cnc(O[C@@H]2C[C@H]3C(=O)N[C@]4(C(=O)NS(=O)(=O)C5(C)CC5)C[C@H]4/C=C\CC[C@H](C)C[C@@H](C)[C@H](NC(=O)O[C@H](C)C(F)(F)F)C(=O)N3C2)c2ccccc12. The van der Waals surface area contributed by atoms with Crippen LogP contribution in [-0.4, -0.2) is 96.0 Å². The van der Waals surface area contributed by atoms with Crippen molar-refractivity contribution in [1.82, 2.24) is 25.2 Å². The lowest BCUT2D eigenvalue weighted by molar-refractivity contribution is -0.197. The number of alkyl halides is 3. The van der Waals surface area contributed by atoms with Gasteiger partial charge in [0.15, 0.2) is 6.10 Å². The van der Waals surface area contributed by atoms with Gasteiger partial charge >= 0.3 is 12.3 Å². The summed E-state index contributed by atoms with van der Waals surface area (Å²) < 4.78 is 84.5. The number of aromatic nitrogens is 1. The minimum Gasteiger partial charge on any atom is -0.491 e. The normalized spacial score (nSPS) is 29.7.